The summed E-state index contributed by atoms with van der Waals surface area (Å²) in [5, 5.41) is 3.56. The molecule has 2 unspecified atom stereocenters. The lowest BCUT2D eigenvalue weighted by Gasteiger charge is -2.20. The highest BCUT2D eigenvalue weighted by molar-refractivity contribution is 5.53. The van der Waals surface area contributed by atoms with Crippen LogP contribution in [0.5, 0.6) is 17.2 Å². The Morgan fingerprint density at radius 1 is 1.00 bits per heavy atom. The van der Waals surface area contributed by atoms with Gasteiger partial charge in [0.25, 0.3) is 0 Å². The Kier molecular flexibility index (Phi) is 5.70. The zero-order valence-electron chi connectivity index (χ0n) is 13.3. The van der Waals surface area contributed by atoms with Crippen LogP contribution in [0.1, 0.15) is 24.8 Å². The van der Waals surface area contributed by atoms with Crippen molar-refractivity contribution in [3.05, 3.63) is 17.7 Å². The SMILES string of the molecule is COc1cc(CNC2CCCC2OC)cc(OC)c1OC. The maximum Gasteiger partial charge on any atom is 0.203 e. The van der Waals surface area contributed by atoms with Crippen molar-refractivity contribution >= 4 is 0 Å². The van der Waals surface area contributed by atoms with Crippen LogP contribution in [0.4, 0.5) is 0 Å². The maximum atomic E-state index is 5.51. The summed E-state index contributed by atoms with van der Waals surface area (Å²) in [5.74, 6) is 1.99. The summed E-state index contributed by atoms with van der Waals surface area (Å²) in [6.45, 7) is 0.751. The monoisotopic (exact) mass is 295 g/mol. The minimum Gasteiger partial charge on any atom is -0.493 e. The van der Waals surface area contributed by atoms with Crippen molar-refractivity contribution in [2.75, 3.05) is 28.4 Å². The summed E-state index contributed by atoms with van der Waals surface area (Å²) < 4.78 is 21.6. The third-order valence-corrected chi connectivity index (χ3v) is 4.05. The zero-order chi connectivity index (χ0) is 15.2. The van der Waals surface area contributed by atoms with E-state index in [1.807, 2.05) is 12.1 Å². The summed E-state index contributed by atoms with van der Waals surface area (Å²) in [4.78, 5) is 0. The van der Waals surface area contributed by atoms with E-state index in [9.17, 15) is 0 Å². The molecule has 0 bridgehead atoms. The lowest BCUT2D eigenvalue weighted by Crippen LogP contribution is -2.36. The van der Waals surface area contributed by atoms with Crippen LogP contribution in [-0.2, 0) is 11.3 Å². The molecular formula is C16H25NO4. The Bertz CT molecular complexity index is 439. The van der Waals surface area contributed by atoms with Crippen LogP contribution in [-0.4, -0.2) is 40.6 Å². The van der Waals surface area contributed by atoms with E-state index in [0.29, 0.717) is 29.4 Å². The molecule has 1 N–H and O–H groups in total. The highest BCUT2D eigenvalue weighted by Crippen LogP contribution is 2.38. The first-order valence-corrected chi connectivity index (χ1v) is 7.28. The molecule has 0 amide bonds. The number of nitrogens with one attached hydrogen (secondary N) is 1. The van der Waals surface area contributed by atoms with Gasteiger partial charge in [-0.05, 0) is 37.0 Å². The van der Waals surface area contributed by atoms with Crippen molar-refractivity contribution in [3.63, 3.8) is 0 Å². The van der Waals surface area contributed by atoms with Gasteiger partial charge in [0.15, 0.2) is 11.5 Å². The Balaban J connectivity index is 2.09. The Labute approximate surface area is 126 Å². The van der Waals surface area contributed by atoms with E-state index < -0.39 is 0 Å². The van der Waals surface area contributed by atoms with E-state index in [-0.39, 0.29) is 0 Å². The summed E-state index contributed by atoms with van der Waals surface area (Å²) >= 11 is 0. The minimum atomic E-state index is 0.312. The van der Waals surface area contributed by atoms with Gasteiger partial charge in [-0.1, -0.05) is 0 Å². The topological polar surface area (TPSA) is 49.0 Å². The van der Waals surface area contributed by atoms with Crippen LogP contribution >= 0.6 is 0 Å². The normalized spacial score (nSPS) is 21.3. The molecule has 1 fully saturated rings. The summed E-state index contributed by atoms with van der Waals surface area (Å²) in [6, 6.07) is 4.37. The second-order valence-electron chi connectivity index (χ2n) is 5.23. The van der Waals surface area contributed by atoms with E-state index in [0.717, 1.165) is 24.9 Å². The van der Waals surface area contributed by atoms with Crippen molar-refractivity contribution in [3.8, 4) is 17.2 Å². The number of hydrogen-bond donors (Lipinski definition) is 1. The smallest absolute Gasteiger partial charge is 0.203 e. The largest absolute Gasteiger partial charge is 0.493 e. The van der Waals surface area contributed by atoms with Gasteiger partial charge in [-0.3, -0.25) is 0 Å². The first-order valence-electron chi connectivity index (χ1n) is 7.28. The van der Waals surface area contributed by atoms with Crippen LogP contribution in [0, 0.1) is 0 Å². The van der Waals surface area contributed by atoms with Gasteiger partial charge in [0.05, 0.1) is 27.4 Å². The Morgan fingerprint density at radius 2 is 1.67 bits per heavy atom. The molecule has 0 saturated heterocycles. The van der Waals surface area contributed by atoms with Gasteiger partial charge in [0, 0.05) is 19.7 Å². The lowest BCUT2D eigenvalue weighted by molar-refractivity contribution is 0.0847. The fourth-order valence-electron chi connectivity index (χ4n) is 2.93. The second kappa shape index (κ2) is 7.52. The molecule has 118 valence electrons. The van der Waals surface area contributed by atoms with E-state index in [1.54, 1.807) is 28.4 Å². The predicted octanol–water partition coefficient (Wildman–Crippen LogP) is 2.37. The number of hydrogen-bond acceptors (Lipinski definition) is 5. The van der Waals surface area contributed by atoms with Gasteiger partial charge in [-0.2, -0.15) is 0 Å². The zero-order valence-corrected chi connectivity index (χ0v) is 13.3. The number of benzene rings is 1. The second-order valence-corrected chi connectivity index (χ2v) is 5.23. The molecule has 1 aliphatic carbocycles. The highest BCUT2D eigenvalue weighted by atomic mass is 16.5. The number of methoxy groups -OCH3 is 4. The van der Waals surface area contributed by atoms with Crippen LogP contribution in [0.25, 0.3) is 0 Å². The van der Waals surface area contributed by atoms with E-state index >= 15 is 0 Å². The summed E-state index contributed by atoms with van der Waals surface area (Å²) in [6.07, 6.45) is 3.81. The Hall–Kier alpha value is -1.46. The lowest BCUT2D eigenvalue weighted by atomic mass is 10.1. The fraction of sp³-hybridized carbons (Fsp3) is 0.625. The van der Waals surface area contributed by atoms with Gasteiger partial charge in [0.2, 0.25) is 5.75 Å². The van der Waals surface area contributed by atoms with E-state index in [2.05, 4.69) is 5.32 Å². The molecule has 2 rings (SSSR count). The molecule has 1 saturated carbocycles. The van der Waals surface area contributed by atoms with Gasteiger partial charge >= 0.3 is 0 Å². The van der Waals surface area contributed by atoms with Crippen LogP contribution in [0.3, 0.4) is 0 Å². The van der Waals surface area contributed by atoms with Crippen LogP contribution in [0.15, 0.2) is 12.1 Å². The van der Waals surface area contributed by atoms with Gasteiger partial charge in [-0.25, -0.2) is 0 Å². The molecule has 0 spiro atoms. The van der Waals surface area contributed by atoms with Gasteiger partial charge in [0.1, 0.15) is 0 Å². The average molecular weight is 295 g/mol. The first kappa shape index (κ1) is 15.9. The average Bonchev–Trinajstić information content (AvgIpc) is 2.99. The molecule has 0 aliphatic heterocycles. The summed E-state index contributed by atoms with van der Waals surface area (Å²) in [5.41, 5.74) is 1.10. The van der Waals surface area contributed by atoms with Gasteiger partial charge < -0.3 is 24.3 Å². The molecule has 0 heterocycles. The van der Waals surface area contributed by atoms with Crippen molar-refractivity contribution in [1.29, 1.82) is 0 Å². The number of rotatable bonds is 7. The van der Waals surface area contributed by atoms with Crippen molar-refractivity contribution in [2.45, 2.75) is 38.0 Å². The predicted molar refractivity (Wildman–Crippen MR) is 81.4 cm³/mol. The Morgan fingerprint density at radius 3 is 2.19 bits per heavy atom. The van der Waals surface area contributed by atoms with E-state index in [4.69, 9.17) is 18.9 Å². The molecule has 1 aromatic carbocycles. The molecular weight excluding hydrogens is 270 g/mol. The molecule has 1 aliphatic rings. The number of ether oxygens (including phenoxy) is 4. The van der Waals surface area contributed by atoms with Crippen LogP contribution in [0.2, 0.25) is 0 Å². The van der Waals surface area contributed by atoms with Crippen molar-refractivity contribution in [1.82, 2.24) is 5.32 Å². The standard InChI is InChI=1S/C16H25NO4/c1-18-13-7-5-6-12(13)17-10-11-8-14(19-2)16(21-4)15(9-11)20-3/h8-9,12-13,17H,5-7,10H2,1-4H3. The first-order chi connectivity index (χ1) is 10.2. The third-order valence-electron chi connectivity index (χ3n) is 4.05. The molecule has 0 aromatic heterocycles. The highest BCUT2D eigenvalue weighted by Gasteiger charge is 2.26. The third kappa shape index (κ3) is 3.60. The fourth-order valence-corrected chi connectivity index (χ4v) is 2.93. The van der Waals surface area contributed by atoms with Crippen molar-refractivity contribution in [2.24, 2.45) is 0 Å². The molecule has 0 radical (unpaired) electrons. The quantitative estimate of drug-likeness (QED) is 0.837. The molecule has 21 heavy (non-hydrogen) atoms. The molecule has 1 aromatic rings. The van der Waals surface area contributed by atoms with Crippen LogP contribution < -0.4 is 19.5 Å². The summed E-state index contributed by atoms with van der Waals surface area (Å²) in [7, 11) is 6.66. The molecule has 5 nitrogen and oxygen atoms in total. The van der Waals surface area contributed by atoms with Crippen molar-refractivity contribution < 1.29 is 18.9 Å². The molecule has 2 atom stereocenters. The maximum absolute atomic E-state index is 5.51. The minimum absolute atomic E-state index is 0.312. The van der Waals surface area contributed by atoms with E-state index in [1.165, 1.54) is 6.42 Å². The van der Waals surface area contributed by atoms with Gasteiger partial charge in [-0.15, -0.1) is 0 Å². The molecule has 5 heteroatoms.